The van der Waals surface area contributed by atoms with Crippen LogP contribution in [-0.4, -0.2) is 12.6 Å². The van der Waals surface area contributed by atoms with E-state index in [9.17, 15) is 9.18 Å². The van der Waals surface area contributed by atoms with Crippen molar-refractivity contribution < 1.29 is 13.9 Å². The summed E-state index contributed by atoms with van der Waals surface area (Å²) in [4.78, 5) is 11.2. The van der Waals surface area contributed by atoms with Crippen molar-refractivity contribution in [1.29, 1.82) is 0 Å². The van der Waals surface area contributed by atoms with E-state index in [-0.39, 0.29) is 18.6 Å². The monoisotopic (exact) mass is 245 g/mol. The zero-order valence-corrected chi connectivity index (χ0v) is 9.63. The number of ether oxygens (including phenoxy) is 1. The Morgan fingerprint density at radius 2 is 2.31 bits per heavy atom. The number of halogens is 2. The predicted octanol–water partition coefficient (Wildman–Crippen LogP) is 2.43. The molecule has 0 bridgehead atoms. The Kier molecular flexibility index (Phi) is 4.71. The first-order valence-electron chi connectivity index (χ1n) is 4.90. The van der Waals surface area contributed by atoms with Gasteiger partial charge in [0.1, 0.15) is 5.82 Å². The number of hydrogen-bond acceptors (Lipinski definition) is 3. The molecule has 0 fully saturated rings. The zero-order chi connectivity index (χ0) is 12.1. The molecule has 16 heavy (non-hydrogen) atoms. The maximum absolute atomic E-state index is 13.4. The van der Waals surface area contributed by atoms with Gasteiger partial charge in [0, 0.05) is 16.6 Å². The van der Waals surface area contributed by atoms with Gasteiger partial charge in [0.05, 0.1) is 13.0 Å². The third-order valence-electron chi connectivity index (χ3n) is 2.05. The molecular weight excluding hydrogens is 233 g/mol. The molecule has 0 spiro atoms. The van der Waals surface area contributed by atoms with Gasteiger partial charge in [-0.2, -0.15) is 0 Å². The average molecular weight is 246 g/mol. The number of carbonyl (C=O) groups excluding carboxylic acids is 1. The Morgan fingerprint density at radius 3 is 2.88 bits per heavy atom. The van der Waals surface area contributed by atoms with Gasteiger partial charge in [-0.05, 0) is 19.1 Å². The lowest BCUT2D eigenvalue weighted by atomic mass is 10.0. The second-order valence-electron chi connectivity index (χ2n) is 3.28. The van der Waals surface area contributed by atoms with Gasteiger partial charge >= 0.3 is 5.97 Å². The van der Waals surface area contributed by atoms with Gasteiger partial charge in [-0.3, -0.25) is 4.79 Å². The standard InChI is InChI=1S/C11H13ClFNO2/c1-2-16-11(15)6-10(14)8-4-3-7(12)5-9(8)13/h3-5,10H,2,6,14H2,1H3. The molecule has 1 unspecified atom stereocenters. The van der Waals surface area contributed by atoms with E-state index < -0.39 is 17.8 Å². The topological polar surface area (TPSA) is 52.3 Å². The maximum Gasteiger partial charge on any atom is 0.307 e. The minimum absolute atomic E-state index is 0.0492. The summed E-state index contributed by atoms with van der Waals surface area (Å²) in [5.41, 5.74) is 5.95. The quantitative estimate of drug-likeness (QED) is 0.829. The zero-order valence-electron chi connectivity index (χ0n) is 8.87. The molecule has 0 aliphatic heterocycles. The average Bonchev–Trinajstić information content (AvgIpc) is 2.17. The molecule has 88 valence electrons. The summed E-state index contributed by atoms with van der Waals surface area (Å²) >= 11 is 5.60. The van der Waals surface area contributed by atoms with Crippen molar-refractivity contribution in [1.82, 2.24) is 0 Å². The van der Waals surface area contributed by atoms with Crippen molar-refractivity contribution in [2.75, 3.05) is 6.61 Å². The molecule has 1 aromatic rings. The first-order valence-corrected chi connectivity index (χ1v) is 5.28. The van der Waals surface area contributed by atoms with Crippen LogP contribution in [0.5, 0.6) is 0 Å². The lowest BCUT2D eigenvalue weighted by Crippen LogP contribution is -2.18. The molecule has 0 saturated carbocycles. The summed E-state index contributed by atoms with van der Waals surface area (Å²) in [5, 5.41) is 0.296. The van der Waals surface area contributed by atoms with Crippen LogP contribution in [-0.2, 0) is 9.53 Å². The summed E-state index contributed by atoms with van der Waals surface area (Å²) in [6.45, 7) is 1.99. The van der Waals surface area contributed by atoms with Crippen LogP contribution < -0.4 is 5.73 Å². The molecule has 1 atom stereocenters. The SMILES string of the molecule is CCOC(=O)CC(N)c1ccc(Cl)cc1F. The van der Waals surface area contributed by atoms with Crippen molar-refractivity contribution in [2.45, 2.75) is 19.4 Å². The van der Waals surface area contributed by atoms with Gasteiger partial charge in [0.15, 0.2) is 0 Å². The highest BCUT2D eigenvalue weighted by Gasteiger charge is 2.16. The van der Waals surface area contributed by atoms with Crippen LogP contribution in [0.2, 0.25) is 5.02 Å². The number of carbonyl (C=O) groups is 1. The van der Waals surface area contributed by atoms with Gasteiger partial charge in [-0.15, -0.1) is 0 Å². The van der Waals surface area contributed by atoms with Crippen molar-refractivity contribution in [3.8, 4) is 0 Å². The minimum Gasteiger partial charge on any atom is -0.466 e. The molecule has 0 aliphatic carbocycles. The molecular formula is C11H13ClFNO2. The summed E-state index contributed by atoms with van der Waals surface area (Å²) in [6.07, 6.45) is -0.0492. The van der Waals surface area contributed by atoms with Crippen LogP contribution in [0.15, 0.2) is 18.2 Å². The van der Waals surface area contributed by atoms with Gasteiger partial charge in [-0.1, -0.05) is 17.7 Å². The normalized spacial score (nSPS) is 12.2. The van der Waals surface area contributed by atoms with Gasteiger partial charge in [-0.25, -0.2) is 4.39 Å². The van der Waals surface area contributed by atoms with Crippen LogP contribution in [0, 0.1) is 5.82 Å². The highest BCUT2D eigenvalue weighted by Crippen LogP contribution is 2.21. The van der Waals surface area contributed by atoms with E-state index in [4.69, 9.17) is 22.1 Å². The highest BCUT2D eigenvalue weighted by atomic mass is 35.5. The highest BCUT2D eigenvalue weighted by molar-refractivity contribution is 6.30. The minimum atomic E-state index is -0.712. The molecule has 5 heteroatoms. The van der Waals surface area contributed by atoms with Crippen molar-refractivity contribution in [2.24, 2.45) is 5.73 Å². The van der Waals surface area contributed by atoms with E-state index in [1.54, 1.807) is 6.92 Å². The Labute approximate surface area is 98.3 Å². The summed E-state index contributed by atoms with van der Waals surface area (Å²) in [7, 11) is 0. The molecule has 0 aromatic heterocycles. The number of nitrogens with two attached hydrogens (primary N) is 1. The fourth-order valence-electron chi connectivity index (χ4n) is 1.31. The molecule has 1 aromatic carbocycles. The van der Waals surface area contributed by atoms with Crippen LogP contribution in [0.25, 0.3) is 0 Å². The third-order valence-corrected chi connectivity index (χ3v) is 2.29. The molecule has 0 heterocycles. The lowest BCUT2D eigenvalue weighted by molar-refractivity contribution is -0.143. The Morgan fingerprint density at radius 1 is 1.62 bits per heavy atom. The van der Waals surface area contributed by atoms with Gasteiger partial charge in [0.2, 0.25) is 0 Å². The Balaban J connectivity index is 2.72. The molecule has 0 saturated heterocycles. The number of benzene rings is 1. The van der Waals surface area contributed by atoms with E-state index in [0.717, 1.165) is 0 Å². The molecule has 1 rings (SSSR count). The first kappa shape index (κ1) is 12.9. The van der Waals surface area contributed by atoms with Crippen LogP contribution >= 0.6 is 11.6 Å². The number of rotatable bonds is 4. The van der Waals surface area contributed by atoms with Crippen LogP contribution in [0.4, 0.5) is 4.39 Å². The second-order valence-corrected chi connectivity index (χ2v) is 3.72. The van der Waals surface area contributed by atoms with Crippen LogP contribution in [0.1, 0.15) is 24.9 Å². The molecule has 0 aliphatic rings. The van der Waals surface area contributed by atoms with Gasteiger partial charge < -0.3 is 10.5 Å². The fraction of sp³-hybridized carbons (Fsp3) is 0.364. The first-order chi connectivity index (χ1) is 7.54. The van der Waals surface area contributed by atoms with E-state index in [1.807, 2.05) is 0 Å². The van der Waals surface area contributed by atoms with E-state index in [1.165, 1.54) is 18.2 Å². The summed E-state index contributed by atoms with van der Waals surface area (Å²) in [5.74, 6) is -0.950. The molecule has 3 nitrogen and oxygen atoms in total. The molecule has 0 amide bonds. The van der Waals surface area contributed by atoms with Crippen molar-refractivity contribution in [3.05, 3.63) is 34.6 Å². The van der Waals surface area contributed by atoms with E-state index >= 15 is 0 Å². The fourth-order valence-corrected chi connectivity index (χ4v) is 1.47. The molecule has 2 N–H and O–H groups in total. The maximum atomic E-state index is 13.4. The smallest absolute Gasteiger partial charge is 0.307 e. The largest absolute Gasteiger partial charge is 0.466 e. The van der Waals surface area contributed by atoms with Gasteiger partial charge in [0.25, 0.3) is 0 Å². The van der Waals surface area contributed by atoms with E-state index in [0.29, 0.717) is 5.02 Å². The van der Waals surface area contributed by atoms with Crippen molar-refractivity contribution in [3.63, 3.8) is 0 Å². The predicted molar refractivity (Wildman–Crippen MR) is 59.6 cm³/mol. The van der Waals surface area contributed by atoms with Crippen LogP contribution in [0.3, 0.4) is 0 Å². The lowest BCUT2D eigenvalue weighted by Gasteiger charge is -2.12. The Bertz CT molecular complexity index is 384. The van der Waals surface area contributed by atoms with Crippen molar-refractivity contribution >= 4 is 17.6 Å². The third kappa shape index (κ3) is 3.47. The second kappa shape index (κ2) is 5.82. The van der Waals surface area contributed by atoms with E-state index in [2.05, 4.69) is 0 Å². The Hall–Kier alpha value is -1.13. The summed E-state index contributed by atoms with van der Waals surface area (Å²) < 4.78 is 18.2. The number of esters is 1. The molecule has 0 radical (unpaired) electrons. The summed E-state index contributed by atoms with van der Waals surface area (Å²) in [6, 6.07) is 3.46. The number of hydrogen-bond donors (Lipinski definition) is 1.